The Labute approximate surface area is 207 Å². The molecule has 0 radical (unpaired) electrons. The SMILES string of the molecule is CCOC(=O)C(C)(C)CC(CC(CC(Br)c1ccccc1)c1ccccc1)c1ccccc1. The fourth-order valence-corrected chi connectivity index (χ4v) is 5.33. The summed E-state index contributed by atoms with van der Waals surface area (Å²) in [4.78, 5) is 13.0. The van der Waals surface area contributed by atoms with Gasteiger partial charge in [-0.1, -0.05) is 107 Å². The predicted molar refractivity (Wildman–Crippen MR) is 141 cm³/mol. The topological polar surface area (TPSA) is 26.3 Å². The van der Waals surface area contributed by atoms with E-state index in [1.54, 1.807) is 0 Å². The van der Waals surface area contributed by atoms with E-state index in [1.807, 2.05) is 20.8 Å². The fraction of sp³-hybridized carbons (Fsp3) is 0.367. The third kappa shape index (κ3) is 7.30. The lowest BCUT2D eigenvalue weighted by molar-refractivity contribution is -0.154. The van der Waals surface area contributed by atoms with Crippen LogP contribution in [0, 0.1) is 5.41 Å². The highest BCUT2D eigenvalue weighted by atomic mass is 79.9. The Morgan fingerprint density at radius 1 is 0.758 bits per heavy atom. The molecule has 3 heteroatoms. The molecule has 0 aliphatic heterocycles. The average molecular weight is 508 g/mol. The molecule has 0 amide bonds. The van der Waals surface area contributed by atoms with E-state index in [1.165, 1.54) is 16.7 Å². The third-order valence-corrected chi connectivity index (χ3v) is 7.25. The van der Waals surface area contributed by atoms with Crippen molar-refractivity contribution in [2.75, 3.05) is 6.61 Å². The second kappa shape index (κ2) is 12.2. The molecule has 2 nitrogen and oxygen atoms in total. The Kier molecular flexibility index (Phi) is 9.31. The van der Waals surface area contributed by atoms with Crippen LogP contribution in [-0.4, -0.2) is 12.6 Å². The van der Waals surface area contributed by atoms with Gasteiger partial charge in [0, 0.05) is 4.83 Å². The van der Waals surface area contributed by atoms with E-state index in [9.17, 15) is 4.79 Å². The first-order valence-electron chi connectivity index (χ1n) is 11.9. The molecule has 0 spiro atoms. The van der Waals surface area contributed by atoms with Crippen LogP contribution in [0.3, 0.4) is 0 Å². The van der Waals surface area contributed by atoms with Crippen LogP contribution in [0.25, 0.3) is 0 Å². The molecule has 0 aromatic heterocycles. The summed E-state index contributed by atoms with van der Waals surface area (Å²) in [6.07, 6.45) is 2.69. The van der Waals surface area contributed by atoms with Crippen LogP contribution in [0.1, 0.15) is 73.4 Å². The lowest BCUT2D eigenvalue weighted by atomic mass is 9.74. The van der Waals surface area contributed by atoms with Gasteiger partial charge in [-0.2, -0.15) is 0 Å². The number of halogens is 1. The molecule has 3 rings (SSSR count). The van der Waals surface area contributed by atoms with Crippen molar-refractivity contribution in [1.82, 2.24) is 0 Å². The van der Waals surface area contributed by atoms with Gasteiger partial charge >= 0.3 is 5.97 Å². The lowest BCUT2D eigenvalue weighted by Gasteiger charge is -2.31. The zero-order valence-corrected chi connectivity index (χ0v) is 21.5. The maximum atomic E-state index is 12.7. The summed E-state index contributed by atoms with van der Waals surface area (Å²) in [6, 6.07) is 32.0. The largest absolute Gasteiger partial charge is 0.466 e. The van der Waals surface area contributed by atoms with Crippen LogP contribution in [-0.2, 0) is 9.53 Å². The van der Waals surface area contributed by atoms with Crippen molar-refractivity contribution < 1.29 is 9.53 Å². The molecule has 0 saturated heterocycles. The quantitative estimate of drug-likeness (QED) is 0.192. The van der Waals surface area contributed by atoms with Gasteiger partial charge in [0.1, 0.15) is 0 Å². The maximum Gasteiger partial charge on any atom is 0.311 e. The average Bonchev–Trinajstić information content (AvgIpc) is 2.84. The van der Waals surface area contributed by atoms with Crippen molar-refractivity contribution >= 4 is 21.9 Å². The molecular weight excluding hydrogens is 472 g/mol. The van der Waals surface area contributed by atoms with Crippen molar-refractivity contribution in [3.8, 4) is 0 Å². The second-order valence-corrected chi connectivity index (χ2v) is 10.5. The number of hydrogen-bond donors (Lipinski definition) is 0. The Hall–Kier alpha value is -2.39. The van der Waals surface area contributed by atoms with Gasteiger partial charge in [-0.15, -0.1) is 0 Å². The van der Waals surface area contributed by atoms with Gasteiger partial charge in [0.05, 0.1) is 12.0 Å². The van der Waals surface area contributed by atoms with E-state index in [0.29, 0.717) is 12.5 Å². The second-order valence-electron chi connectivity index (χ2n) is 9.37. The highest BCUT2D eigenvalue weighted by Crippen LogP contribution is 2.43. The first-order valence-corrected chi connectivity index (χ1v) is 12.8. The Balaban J connectivity index is 1.90. The summed E-state index contributed by atoms with van der Waals surface area (Å²) in [5.74, 6) is 0.468. The summed E-state index contributed by atoms with van der Waals surface area (Å²) in [6.45, 7) is 6.30. The Morgan fingerprint density at radius 3 is 1.70 bits per heavy atom. The molecular formula is C30H35BrO2. The summed E-state index contributed by atoms with van der Waals surface area (Å²) < 4.78 is 5.41. The summed E-state index contributed by atoms with van der Waals surface area (Å²) in [5, 5.41) is 0. The van der Waals surface area contributed by atoms with Gasteiger partial charge < -0.3 is 4.74 Å². The van der Waals surface area contributed by atoms with Crippen LogP contribution in [0.5, 0.6) is 0 Å². The van der Waals surface area contributed by atoms with Gasteiger partial charge in [-0.05, 0) is 68.6 Å². The molecule has 0 heterocycles. The van der Waals surface area contributed by atoms with E-state index < -0.39 is 5.41 Å². The van der Waals surface area contributed by atoms with Crippen LogP contribution in [0.4, 0.5) is 0 Å². The van der Waals surface area contributed by atoms with Crippen LogP contribution < -0.4 is 0 Å². The normalized spacial score (nSPS) is 14.3. The van der Waals surface area contributed by atoms with E-state index in [4.69, 9.17) is 4.74 Å². The van der Waals surface area contributed by atoms with Gasteiger partial charge in [0.25, 0.3) is 0 Å². The molecule has 0 fully saturated rings. The van der Waals surface area contributed by atoms with Gasteiger partial charge in [-0.3, -0.25) is 4.79 Å². The molecule has 174 valence electrons. The number of carbonyl (C=O) groups is 1. The van der Waals surface area contributed by atoms with E-state index in [0.717, 1.165) is 19.3 Å². The van der Waals surface area contributed by atoms with Crippen LogP contribution >= 0.6 is 15.9 Å². The maximum absolute atomic E-state index is 12.7. The molecule has 0 saturated carbocycles. The molecule has 0 aliphatic carbocycles. The number of hydrogen-bond acceptors (Lipinski definition) is 2. The van der Waals surface area contributed by atoms with Gasteiger partial charge in [0.15, 0.2) is 0 Å². The van der Waals surface area contributed by atoms with Crippen molar-refractivity contribution in [1.29, 1.82) is 0 Å². The highest BCUT2D eigenvalue weighted by Gasteiger charge is 2.34. The molecule has 3 atom stereocenters. The van der Waals surface area contributed by atoms with Crippen molar-refractivity contribution in [3.63, 3.8) is 0 Å². The number of esters is 1. The number of alkyl halides is 1. The summed E-state index contributed by atoms with van der Waals surface area (Å²) in [7, 11) is 0. The van der Waals surface area contributed by atoms with Crippen LogP contribution in [0.15, 0.2) is 91.0 Å². The first kappa shape index (κ1) is 25.2. The third-order valence-electron chi connectivity index (χ3n) is 6.35. The number of benzene rings is 3. The predicted octanol–water partition coefficient (Wildman–Crippen LogP) is 8.45. The zero-order valence-electron chi connectivity index (χ0n) is 19.9. The van der Waals surface area contributed by atoms with Gasteiger partial charge in [0.2, 0.25) is 0 Å². The highest BCUT2D eigenvalue weighted by molar-refractivity contribution is 9.09. The molecule has 3 aromatic rings. The standard InChI is InChI=1S/C30H35BrO2/c1-4-33-29(32)30(2,3)22-27(24-16-10-6-11-17-24)20-26(23-14-8-5-9-15-23)21-28(31)25-18-12-7-13-19-25/h5-19,26-28H,4,20-22H2,1-3H3. The van der Waals surface area contributed by atoms with E-state index in [2.05, 4.69) is 107 Å². The molecule has 0 N–H and O–H groups in total. The van der Waals surface area contributed by atoms with Gasteiger partial charge in [-0.25, -0.2) is 0 Å². The molecule has 3 unspecified atom stereocenters. The molecule has 0 aliphatic rings. The van der Waals surface area contributed by atoms with Crippen molar-refractivity contribution in [2.45, 2.75) is 56.7 Å². The minimum Gasteiger partial charge on any atom is -0.466 e. The number of rotatable bonds is 11. The monoisotopic (exact) mass is 506 g/mol. The Morgan fingerprint density at radius 2 is 1.21 bits per heavy atom. The fourth-order valence-electron chi connectivity index (χ4n) is 4.57. The number of ether oxygens (including phenoxy) is 1. The molecule has 3 aromatic carbocycles. The summed E-state index contributed by atoms with van der Waals surface area (Å²) in [5.41, 5.74) is 3.36. The van der Waals surface area contributed by atoms with E-state index in [-0.39, 0.29) is 16.7 Å². The first-order chi connectivity index (χ1) is 15.9. The van der Waals surface area contributed by atoms with Crippen LogP contribution in [0.2, 0.25) is 0 Å². The molecule has 0 bridgehead atoms. The zero-order chi connectivity index (χ0) is 23.7. The molecule has 33 heavy (non-hydrogen) atoms. The van der Waals surface area contributed by atoms with Crippen molar-refractivity contribution in [2.24, 2.45) is 5.41 Å². The van der Waals surface area contributed by atoms with Crippen molar-refractivity contribution in [3.05, 3.63) is 108 Å². The lowest BCUT2D eigenvalue weighted by Crippen LogP contribution is -2.29. The Bertz CT molecular complexity index is 970. The minimum atomic E-state index is -0.551. The minimum absolute atomic E-state index is 0.121. The number of carbonyl (C=O) groups excluding carboxylic acids is 1. The van der Waals surface area contributed by atoms with E-state index >= 15 is 0 Å². The smallest absolute Gasteiger partial charge is 0.311 e. The summed E-state index contributed by atoms with van der Waals surface area (Å²) >= 11 is 3.96.